The molecule has 1 aliphatic heterocycles. The van der Waals surface area contributed by atoms with Gasteiger partial charge in [-0.25, -0.2) is 0 Å². The van der Waals surface area contributed by atoms with Crippen LogP contribution in [0.25, 0.3) is 0 Å². The summed E-state index contributed by atoms with van der Waals surface area (Å²) in [5.74, 6) is 0.533. The van der Waals surface area contributed by atoms with Gasteiger partial charge in [0, 0.05) is 20.6 Å². The minimum absolute atomic E-state index is 0.250. The zero-order chi connectivity index (χ0) is 9.14. The molecule has 3 nitrogen and oxygen atoms in total. The van der Waals surface area contributed by atoms with E-state index < -0.39 is 0 Å². The van der Waals surface area contributed by atoms with Crippen molar-refractivity contribution in [2.75, 3.05) is 33.7 Å². The Morgan fingerprint density at radius 1 is 1.58 bits per heavy atom. The van der Waals surface area contributed by atoms with Crippen molar-refractivity contribution in [1.29, 1.82) is 0 Å². The zero-order valence-corrected chi connectivity index (χ0v) is 8.21. The van der Waals surface area contributed by atoms with Crippen LogP contribution in [-0.4, -0.2) is 49.4 Å². The summed E-state index contributed by atoms with van der Waals surface area (Å²) in [7, 11) is 3.66. The fourth-order valence-corrected chi connectivity index (χ4v) is 1.69. The zero-order valence-electron chi connectivity index (χ0n) is 8.21. The van der Waals surface area contributed by atoms with E-state index in [4.69, 9.17) is 0 Å². The molecule has 0 unspecified atom stereocenters. The van der Waals surface area contributed by atoms with Gasteiger partial charge in [0.2, 0.25) is 5.91 Å². The number of likely N-dealkylation sites (tertiary alicyclic amines) is 1. The van der Waals surface area contributed by atoms with Crippen LogP contribution in [0.5, 0.6) is 0 Å². The lowest BCUT2D eigenvalue weighted by Gasteiger charge is -2.16. The summed E-state index contributed by atoms with van der Waals surface area (Å²) in [6.07, 6.45) is 1.03. The summed E-state index contributed by atoms with van der Waals surface area (Å²) in [4.78, 5) is 15.5. The third kappa shape index (κ3) is 1.97. The van der Waals surface area contributed by atoms with Gasteiger partial charge in [-0.1, -0.05) is 6.92 Å². The van der Waals surface area contributed by atoms with Gasteiger partial charge in [-0.05, 0) is 19.5 Å². The first-order valence-electron chi connectivity index (χ1n) is 4.58. The first kappa shape index (κ1) is 9.52. The number of hydrogen-bond donors (Lipinski definition) is 0. The predicted molar refractivity (Wildman–Crippen MR) is 48.9 cm³/mol. The van der Waals surface area contributed by atoms with Gasteiger partial charge in [-0.3, -0.25) is 4.79 Å². The van der Waals surface area contributed by atoms with Crippen LogP contribution in [0.1, 0.15) is 13.3 Å². The van der Waals surface area contributed by atoms with Crippen LogP contribution in [-0.2, 0) is 4.79 Å². The van der Waals surface area contributed by atoms with E-state index in [1.807, 2.05) is 14.1 Å². The molecule has 0 spiro atoms. The molecule has 3 heteroatoms. The van der Waals surface area contributed by atoms with Gasteiger partial charge in [0.05, 0.1) is 5.92 Å². The van der Waals surface area contributed by atoms with Crippen molar-refractivity contribution in [1.82, 2.24) is 9.80 Å². The third-order valence-electron chi connectivity index (χ3n) is 2.51. The Labute approximate surface area is 74.3 Å². The van der Waals surface area contributed by atoms with E-state index in [9.17, 15) is 4.79 Å². The van der Waals surface area contributed by atoms with Crippen LogP contribution in [0, 0.1) is 5.92 Å². The number of nitrogens with zero attached hydrogens (tertiary/aromatic N) is 2. The maximum atomic E-state index is 11.5. The maximum absolute atomic E-state index is 11.5. The highest BCUT2D eigenvalue weighted by Gasteiger charge is 2.27. The molecule has 70 valence electrons. The highest BCUT2D eigenvalue weighted by molar-refractivity contribution is 5.78. The molecule has 12 heavy (non-hydrogen) atoms. The van der Waals surface area contributed by atoms with Gasteiger partial charge in [-0.2, -0.15) is 0 Å². The molecule has 0 radical (unpaired) electrons. The van der Waals surface area contributed by atoms with Crippen molar-refractivity contribution in [3.8, 4) is 0 Å². The molecule has 1 atom stereocenters. The van der Waals surface area contributed by atoms with E-state index in [0.717, 1.165) is 26.1 Å². The van der Waals surface area contributed by atoms with E-state index in [2.05, 4.69) is 11.8 Å². The summed E-state index contributed by atoms with van der Waals surface area (Å²) in [6.45, 7) is 5.24. The molecule has 0 aromatic heterocycles. The molecule has 0 aromatic rings. The molecular weight excluding hydrogens is 152 g/mol. The van der Waals surface area contributed by atoms with Crippen LogP contribution in [0.2, 0.25) is 0 Å². The number of carbonyl (C=O) groups is 1. The van der Waals surface area contributed by atoms with E-state index >= 15 is 0 Å². The molecule has 0 aliphatic carbocycles. The van der Waals surface area contributed by atoms with Crippen molar-refractivity contribution < 1.29 is 4.79 Å². The maximum Gasteiger partial charge on any atom is 0.226 e. The van der Waals surface area contributed by atoms with Gasteiger partial charge in [-0.15, -0.1) is 0 Å². The predicted octanol–water partition coefficient (Wildman–Crippen LogP) is 0.416. The Balaban J connectivity index is 2.41. The molecule has 1 rings (SSSR count). The van der Waals surface area contributed by atoms with E-state index in [0.29, 0.717) is 0 Å². The standard InChI is InChI=1S/C9H18N2O/c1-4-11-6-5-8(7-11)9(12)10(2)3/h8H,4-7H2,1-3H3/t8-/m1/s1. The van der Waals surface area contributed by atoms with Gasteiger partial charge < -0.3 is 9.80 Å². The Morgan fingerprint density at radius 2 is 2.25 bits per heavy atom. The molecule has 0 bridgehead atoms. The third-order valence-corrected chi connectivity index (χ3v) is 2.51. The van der Waals surface area contributed by atoms with Gasteiger partial charge in [0.15, 0.2) is 0 Å². The lowest BCUT2D eigenvalue weighted by atomic mass is 10.1. The first-order valence-corrected chi connectivity index (χ1v) is 4.58. The fourth-order valence-electron chi connectivity index (χ4n) is 1.69. The quantitative estimate of drug-likeness (QED) is 0.599. The largest absolute Gasteiger partial charge is 0.349 e. The highest BCUT2D eigenvalue weighted by atomic mass is 16.2. The number of carbonyl (C=O) groups excluding carboxylic acids is 1. The Hall–Kier alpha value is -0.570. The second-order valence-corrected chi connectivity index (χ2v) is 3.61. The minimum atomic E-state index is 0.250. The monoisotopic (exact) mass is 170 g/mol. The van der Waals surface area contributed by atoms with Gasteiger partial charge in [0.25, 0.3) is 0 Å². The molecule has 1 saturated heterocycles. The summed E-state index contributed by atoms with van der Waals surface area (Å²) >= 11 is 0. The average Bonchev–Trinajstić information content (AvgIpc) is 2.50. The number of amides is 1. The first-order chi connectivity index (χ1) is 5.65. The van der Waals surface area contributed by atoms with Crippen molar-refractivity contribution in [3.05, 3.63) is 0 Å². The molecule has 0 N–H and O–H groups in total. The fraction of sp³-hybridized carbons (Fsp3) is 0.889. The lowest BCUT2D eigenvalue weighted by Crippen LogP contribution is -2.31. The van der Waals surface area contributed by atoms with Crippen LogP contribution in [0.15, 0.2) is 0 Å². The van der Waals surface area contributed by atoms with Crippen molar-refractivity contribution in [2.24, 2.45) is 5.92 Å². The van der Waals surface area contributed by atoms with Crippen LogP contribution >= 0.6 is 0 Å². The molecule has 0 aromatic carbocycles. The topological polar surface area (TPSA) is 23.6 Å². The van der Waals surface area contributed by atoms with Crippen molar-refractivity contribution >= 4 is 5.91 Å². The number of hydrogen-bond acceptors (Lipinski definition) is 2. The normalized spacial score (nSPS) is 24.4. The molecule has 1 aliphatic rings. The highest BCUT2D eigenvalue weighted by Crippen LogP contribution is 2.16. The minimum Gasteiger partial charge on any atom is -0.349 e. The summed E-state index contributed by atoms with van der Waals surface area (Å²) in [6, 6.07) is 0. The number of rotatable bonds is 2. The summed E-state index contributed by atoms with van der Waals surface area (Å²) < 4.78 is 0. The second-order valence-electron chi connectivity index (χ2n) is 3.61. The van der Waals surface area contributed by atoms with Crippen LogP contribution < -0.4 is 0 Å². The molecule has 1 heterocycles. The van der Waals surface area contributed by atoms with Crippen LogP contribution in [0.3, 0.4) is 0 Å². The molecule has 0 saturated carbocycles. The van der Waals surface area contributed by atoms with E-state index in [-0.39, 0.29) is 11.8 Å². The van der Waals surface area contributed by atoms with Crippen molar-refractivity contribution in [2.45, 2.75) is 13.3 Å². The lowest BCUT2D eigenvalue weighted by molar-refractivity contribution is -0.132. The summed E-state index contributed by atoms with van der Waals surface area (Å²) in [5, 5.41) is 0. The molecule has 1 amide bonds. The SMILES string of the molecule is CCN1CC[C@@H](C(=O)N(C)C)C1. The average molecular weight is 170 g/mol. The van der Waals surface area contributed by atoms with Gasteiger partial charge in [0.1, 0.15) is 0 Å². The van der Waals surface area contributed by atoms with Crippen molar-refractivity contribution in [3.63, 3.8) is 0 Å². The smallest absolute Gasteiger partial charge is 0.226 e. The van der Waals surface area contributed by atoms with Crippen LogP contribution in [0.4, 0.5) is 0 Å². The van der Waals surface area contributed by atoms with Gasteiger partial charge >= 0.3 is 0 Å². The Kier molecular flexibility index (Phi) is 3.09. The molecule has 1 fully saturated rings. The van der Waals surface area contributed by atoms with E-state index in [1.165, 1.54) is 0 Å². The van der Waals surface area contributed by atoms with E-state index in [1.54, 1.807) is 4.90 Å². The Bertz CT molecular complexity index is 168. The Morgan fingerprint density at radius 3 is 2.67 bits per heavy atom. The summed E-state index contributed by atoms with van der Waals surface area (Å²) in [5.41, 5.74) is 0. The second kappa shape index (κ2) is 3.90. The molecular formula is C9H18N2O.